The number of nitrogens with two attached hydrogens (primary N) is 1. The second-order valence-corrected chi connectivity index (χ2v) is 6.36. The van der Waals surface area contributed by atoms with Gasteiger partial charge in [0.15, 0.2) is 5.82 Å². The Balaban J connectivity index is 1.78. The van der Waals surface area contributed by atoms with Crippen molar-refractivity contribution in [1.29, 1.82) is 0 Å². The smallest absolute Gasteiger partial charge is 0.162 e. The minimum atomic E-state index is 0.298. The summed E-state index contributed by atoms with van der Waals surface area (Å²) in [5.41, 5.74) is 9.06. The molecule has 1 aliphatic heterocycles. The van der Waals surface area contributed by atoms with Gasteiger partial charge in [-0.1, -0.05) is 30.3 Å². The first-order valence-electron chi connectivity index (χ1n) is 8.65. The molecule has 0 saturated carbocycles. The van der Waals surface area contributed by atoms with Gasteiger partial charge in [-0.2, -0.15) is 0 Å². The molecule has 4 rings (SSSR count). The molecule has 25 heavy (non-hydrogen) atoms. The molecule has 0 aliphatic carbocycles. The first-order valence-corrected chi connectivity index (χ1v) is 8.65. The monoisotopic (exact) mass is 331 g/mol. The van der Waals surface area contributed by atoms with E-state index in [1.54, 1.807) is 12.4 Å². The van der Waals surface area contributed by atoms with Crippen LogP contribution in [0.1, 0.15) is 12.8 Å². The summed E-state index contributed by atoms with van der Waals surface area (Å²) in [4.78, 5) is 16.0. The second-order valence-electron chi connectivity index (χ2n) is 6.36. The van der Waals surface area contributed by atoms with Crippen molar-refractivity contribution in [2.45, 2.75) is 18.9 Å². The average Bonchev–Trinajstić information content (AvgIpc) is 2.69. The van der Waals surface area contributed by atoms with Gasteiger partial charge in [0.1, 0.15) is 5.82 Å². The summed E-state index contributed by atoms with van der Waals surface area (Å²) in [6.45, 7) is 1.87. The Morgan fingerprint density at radius 1 is 0.880 bits per heavy atom. The molecule has 1 aliphatic rings. The number of hydrogen-bond donors (Lipinski definition) is 1. The highest BCUT2D eigenvalue weighted by molar-refractivity contribution is 5.67. The molecule has 5 nitrogen and oxygen atoms in total. The van der Waals surface area contributed by atoms with Crippen LogP contribution in [0.4, 0.5) is 5.82 Å². The van der Waals surface area contributed by atoms with E-state index in [1.807, 2.05) is 30.3 Å². The van der Waals surface area contributed by atoms with Gasteiger partial charge in [0, 0.05) is 48.7 Å². The third kappa shape index (κ3) is 3.51. The third-order valence-electron chi connectivity index (χ3n) is 4.58. The van der Waals surface area contributed by atoms with Crippen LogP contribution in [-0.2, 0) is 0 Å². The Morgan fingerprint density at radius 3 is 2.32 bits per heavy atom. The fourth-order valence-corrected chi connectivity index (χ4v) is 3.11. The minimum Gasteiger partial charge on any atom is -0.356 e. The van der Waals surface area contributed by atoms with Crippen molar-refractivity contribution in [1.82, 2.24) is 15.0 Å². The zero-order valence-corrected chi connectivity index (χ0v) is 14.0. The lowest BCUT2D eigenvalue weighted by Gasteiger charge is -2.31. The lowest BCUT2D eigenvalue weighted by molar-refractivity contribution is 0.498. The molecule has 0 radical (unpaired) electrons. The van der Waals surface area contributed by atoms with Crippen LogP contribution in [0.5, 0.6) is 0 Å². The van der Waals surface area contributed by atoms with Gasteiger partial charge in [0.25, 0.3) is 0 Å². The van der Waals surface area contributed by atoms with Crippen LogP contribution in [0.3, 0.4) is 0 Å². The maximum absolute atomic E-state index is 6.05. The summed E-state index contributed by atoms with van der Waals surface area (Å²) < 4.78 is 0. The van der Waals surface area contributed by atoms with Gasteiger partial charge in [-0.15, -0.1) is 0 Å². The van der Waals surface area contributed by atoms with E-state index in [-0.39, 0.29) is 0 Å². The lowest BCUT2D eigenvalue weighted by atomic mass is 10.1. The topological polar surface area (TPSA) is 67.9 Å². The van der Waals surface area contributed by atoms with Crippen LogP contribution in [-0.4, -0.2) is 34.1 Å². The molecule has 0 spiro atoms. The minimum absolute atomic E-state index is 0.298. The fourth-order valence-electron chi connectivity index (χ4n) is 3.11. The summed E-state index contributed by atoms with van der Waals surface area (Å²) in [5, 5.41) is 0. The van der Waals surface area contributed by atoms with E-state index in [2.05, 4.69) is 28.1 Å². The van der Waals surface area contributed by atoms with Crippen molar-refractivity contribution in [2.75, 3.05) is 18.0 Å². The number of benzene rings is 1. The first-order chi connectivity index (χ1) is 12.3. The Bertz CT molecular complexity index is 769. The van der Waals surface area contributed by atoms with Crippen LogP contribution in [0.15, 0.2) is 60.9 Å². The van der Waals surface area contributed by atoms with Gasteiger partial charge >= 0.3 is 0 Å². The molecule has 0 bridgehead atoms. The van der Waals surface area contributed by atoms with E-state index >= 15 is 0 Å². The normalized spacial score (nSPS) is 15.3. The zero-order valence-electron chi connectivity index (χ0n) is 14.0. The van der Waals surface area contributed by atoms with E-state index in [4.69, 9.17) is 15.7 Å². The van der Waals surface area contributed by atoms with Gasteiger partial charge in [-0.25, -0.2) is 9.97 Å². The van der Waals surface area contributed by atoms with Crippen molar-refractivity contribution in [3.05, 3.63) is 60.9 Å². The average molecular weight is 331 g/mol. The van der Waals surface area contributed by atoms with Crippen molar-refractivity contribution in [3.8, 4) is 22.6 Å². The highest BCUT2D eigenvalue weighted by Crippen LogP contribution is 2.27. The van der Waals surface area contributed by atoms with Crippen molar-refractivity contribution < 1.29 is 0 Å². The van der Waals surface area contributed by atoms with Gasteiger partial charge in [-0.3, -0.25) is 4.98 Å². The zero-order chi connectivity index (χ0) is 17.1. The van der Waals surface area contributed by atoms with Crippen molar-refractivity contribution in [3.63, 3.8) is 0 Å². The third-order valence-corrected chi connectivity index (χ3v) is 4.58. The predicted molar refractivity (Wildman–Crippen MR) is 100 cm³/mol. The number of anilines is 1. The number of nitrogens with zero attached hydrogens (tertiary/aromatic N) is 4. The van der Waals surface area contributed by atoms with Gasteiger partial charge < -0.3 is 10.6 Å². The summed E-state index contributed by atoms with van der Waals surface area (Å²) in [6, 6.07) is 16.5. The Labute approximate surface area is 147 Å². The van der Waals surface area contributed by atoms with Gasteiger partial charge in [0.2, 0.25) is 0 Å². The maximum atomic E-state index is 6.05. The molecule has 3 aromatic rings. The molecule has 126 valence electrons. The number of aromatic nitrogens is 3. The van der Waals surface area contributed by atoms with E-state index in [0.717, 1.165) is 54.4 Å². The number of pyridine rings is 1. The van der Waals surface area contributed by atoms with E-state index in [0.29, 0.717) is 6.04 Å². The Kier molecular flexibility index (Phi) is 4.39. The SMILES string of the molecule is NC1CCN(c2cc(-c3ccccc3)nc(-c3ccncc3)n2)CC1. The van der Waals surface area contributed by atoms with Crippen LogP contribution in [0, 0.1) is 0 Å². The van der Waals surface area contributed by atoms with Crippen LogP contribution < -0.4 is 10.6 Å². The number of hydrogen-bond acceptors (Lipinski definition) is 5. The van der Waals surface area contributed by atoms with Gasteiger partial charge in [0.05, 0.1) is 5.69 Å². The lowest BCUT2D eigenvalue weighted by Crippen LogP contribution is -2.40. The first kappa shape index (κ1) is 15.7. The van der Waals surface area contributed by atoms with E-state index in [1.165, 1.54) is 0 Å². The highest BCUT2D eigenvalue weighted by Gasteiger charge is 2.19. The Hall–Kier alpha value is -2.79. The largest absolute Gasteiger partial charge is 0.356 e. The molecule has 3 heterocycles. The molecule has 1 fully saturated rings. The van der Waals surface area contributed by atoms with Crippen molar-refractivity contribution >= 4 is 5.82 Å². The number of piperidine rings is 1. The van der Waals surface area contributed by atoms with E-state index in [9.17, 15) is 0 Å². The molecule has 0 atom stereocenters. The van der Waals surface area contributed by atoms with Crippen LogP contribution in [0.2, 0.25) is 0 Å². The predicted octanol–water partition coefficient (Wildman–Crippen LogP) is 3.13. The second kappa shape index (κ2) is 6.99. The number of rotatable bonds is 3. The molecule has 2 N–H and O–H groups in total. The summed E-state index contributed by atoms with van der Waals surface area (Å²) >= 11 is 0. The summed E-state index contributed by atoms with van der Waals surface area (Å²) in [7, 11) is 0. The fraction of sp³-hybridized carbons (Fsp3) is 0.250. The quantitative estimate of drug-likeness (QED) is 0.798. The molecule has 1 aromatic carbocycles. The Morgan fingerprint density at radius 2 is 1.60 bits per heavy atom. The van der Waals surface area contributed by atoms with Crippen LogP contribution in [0.25, 0.3) is 22.6 Å². The highest BCUT2D eigenvalue weighted by atomic mass is 15.2. The molecule has 0 amide bonds. The van der Waals surface area contributed by atoms with Crippen LogP contribution >= 0.6 is 0 Å². The maximum Gasteiger partial charge on any atom is 0.162 e. The standard InChI is InChI=1S/C20H21N5/c21-17-8-12-25(13-9-17)19-14-18(15-4-2-1-3-5-15)23-20(24-19)16-6-10-22-11-7-16/h1-7,10-11,14,17H,8-9,12-13,21H2. The summed E-state index contributed by atoms with van der Waals surface area (Å²) in [5.74, 6) is 1.70. The van der Waals surface area contributed by atoms with Gasteiger partial charge in [-0.05, 0) is 25.0 Å². The van der Waals surface area contributed by atoms with E-state index < -0.39 is 0 Å². The molecule has 1 saturated heterocycles. The molecule has 5 heteroatoms. The molecule has 2 aromatic heterocycles. The summed E-state index contributed by atoms with van der Waals surface area (Å²) in [6.07, 6.45) is 5.53. The molecule has 0 unspecified atom stereocenters. The molecular weight excluding hydrogens is 310 g/mol. The molecular formula is C20H21N5. The van der Waals surface area contributed by atoms with Crippen molar-refractivity contribution in [2.24, 2.45) is 5.73 Å².